The van der Waals surface area contributed by atoms with E-state index >= 15 is 0 Å². The van der Waals surface area contributed by atoms with Gasteiger partial charge in [-0.1, -0.05) is 220 Å². The molecule has 79 heavy (non-hydrogen) atoms. The molecule has 13 rings (SSSR count). The number of hydrogen-bond donors (Lipinski definition) is 0. The first-order valence-electron chi connectivity index (χ1n) is 32.1. The van der Waals surface area contributed by atoms with E-state index in [1.807, 2.05) is 78.9 Å². The van der Waals surface area contributed by atoms with Crippen molar-refractivity contribution in [2.45, 2.75) is 78.6 Å². The van der Waals surface area contributed by atoms with Crippen molar-refractivity contribution < 1.29 is 13.7 Å². The maximum atomic E-state index is 9.70. The van der Waals surface area contributed by atoms with E-state index in [4.69, 9.17) is 8.22 Å². The van der Waals surface area contributed by atoms with Crippen LogP contribution in [0.1, 0.15) is 92.7 Å². The first-order chi connectivity index (χ1) is 42.2. The van der Waals surface area contributed by atoms with Gasteiger partial charge in [0.05, 0.1) is 30.8 Å². The van der Waals surface area contributed by atoms with Crippen LogP contribution in [0.15, 0.2) is 236 Å². The molecule has 0 saturated heterocycles. The second-order valence-electron chi connectivity index (χ2n) is 23.9. The van der Waals surface area contributed by atoms with Gasteiger partial charge >= 0.3 is 0 Å². The SMILES string of the molecule is [2H]c1c([2H])c([2H])c(-c2cc3c4c(c2)N(c2ccc(C(C)(C)C)cc2)c2c(sc5ccc(C(C)(C)C)cc25)B4c2ccc(N(c4ccccc4)c4ccccc4-c4ccccc4)cc2N3c2ccc(C(C)(C)C)cc2-c2c([2H])c([2H])c([2H])c([2H])c2[2H])c([2H])c1[2H]. The predicted octanol–water partition coefficient (Wildman–Crippen LogP) is 19.3. The van der Waals surface area contributed by atoms with E-state index in [1.54, 1.807) is 11.3 Å². The highest BCUT2D eigenvalue weighted by Crippen LogP contribution is 2.53. The van der Waals surface area contributed by atoms with Crippen LogP contribution in [-0.2, 0) is 16.2 Å². The molecule has 0 bridgehead atoms. The Hall–Kier alpha value is -8.38. The summed E-state index contributed by atoms with van der Waals surface area (Å²) in [6.45, 7) is 19.0. The quantitative estimate of drug-likeness (QED) is 0.140. The molecular formula is C74H66BN3S. The minimum absolute atomic E-state index is 0.0202. The minimum atomic E-state index is -0.505. The van der Waals surface area contributed by atoms with Crippen molar-refractivity contribution in [2.24, 2.45) is 0 Å². The second-order valence-corrected chi connectivity index (χ2v) is 25.0. The molecule has 1 aromatic heterocycles. The number of nitrogens with zero attached hydrogens (tertiary/aromatic N) is 3. The summed E-state index contributed by atoms with van der Waals surface area (Å²) in [5.74, 6) is 0. The maximum Gasteiger partial charge on any atom is 0.264 e. The molecular weight excluding hydrogens is 974 g/mol. The lowest BCUT2D eigenvalue weighted by Crippen LogP contribution is -2.60. The second kappa shape index (κ2) is 19.2. The van der Waals surface area contributed by atoms with Crippen LogP contribution in [-0.4, -0.2) is 6.71 Å². The third-order valence-corrected chi connectivity index (χ3v) is 16.9. The monoisotopic (exact) mass is 1050 g/mol. The van der Waals surface area contributed by atoms with Gasteiger partial charge in [-0.05, 0) is 145 Å². The average Bonchev–Trinajstić information content (AvgIpc) is 1.68. The Labute approximate surface area is 486 Å². The standard InChI is InChI=1S/C74H66BN3S/c1-72(2,3)53-34-38-57(39-35-53)77-66-44-52(49-24-14-10-15-25-49)45-67-69(66)75(71-70(77)61-47-55(74(7,8)9)37-43-68(61)79-71)62-41-40-58(76(56-30-20-13-21-31-56)63-33-23-22-32-59(63)50-26-16-11-17-27-50)48-65(62)78(67)64-42-36-54(73(4,5)6)46-60(64)51-28-18-12-19-29-51/h10-48H,1-9H3/i10D,12D,14D,15D,18D,19D,24D,25D,28D,29D. The molecule has 0 N–H and O–H groups in total. The molecule has 0 radical (unpaired) electrons. The fraction of sp³-hybridized carbons (Fsp3) is 0.162. The van der Waals surface area contributed by atoms with Gasteiger partial charge in [-0.25, -0.2) is 0 Å². The molecule has 3 nitrogen and oxygen atoms in total. The third kappa shape index (κ3) is 8.85. The number of benzene rings is 10. The van der Waals surface area contributed by atoms with Crippen molar-refractivity contribution in [1.82, 2.24) is 0 Å². The minimum Gasteiger partial charge on any atom is -0.311 e. The molecule has 0 saturated carbocycles. The van der Waals surface area contributed by atoms with Crippen LogP contribution in [0.5, 0.6) is 0 Å². The Morgan fingerprint density at radius 1 is 0.430 bits per heavy atom. The van der Waals surface area contributed by atoms with Gasteiger partial charge in [0.1, 0.15) is 0 Å². The Kier molecular flexibility index (Phi) is 9.71. The summed E-state index contributed by atoms with van der Waals surface area (Å²) in [6.07, 6.45) is 0. The van der Waals surface area contributed by atoms with Crippen LogP contribution < -0.4 is 30.4 Å². The Morgan fingerprint density at radius 3 is 1.68 bits per heavy atom. The van der Waals surface area contributed by atoms with Gasteiger partial charge in [-0.2, -0.15) is 0 Å². The lowest BCUT2D eigenvalue weighted by molar-refractivity contribution is 0.590. The Morgan fingerprint density at radius 2 is 1.01 bits per heavy atom. The summed E-state index contributed by atoms with van der Waals surface area (Å²) in [5, 5.41) is 1.05. The van der Waals surface area contributed by atoms with Crippen molar-refractivity contribution in [3.8, 4) is 33.4 Å². The van der Waals surface area contributed by atoms with E-state index < -0.39 is 48.4 Å². The zero-order chi connectivity index (χ0) is 63.1. The van der Waals surface area contributed by atoms with Crippen molar-refractivity contribution in [2.75, 3.05) is 14.7 Å². The summed E-state index contributed by atoms with van der Waals surface area (Å²) in [6, 6.07) is 56.5. The van der Waals surface area contributed by atoms with E-state index in [2.05, 4.69) is 174 Å². The van der Waals surface area contributed by atoms with Crippen LogP contribution in [0.4, 0.5) is 51.2 Å². The summed E-state index contributed by atoms with van der Waals surface area (Å²) < 4.78 is 95.0. The molecule has 0 amide bonds. The Balaban J connectivity index is 1.23. The van der Waals surface area contributed by atoms with Gasteiger partial charge in [0.2, 0.25) is 0 Å². The molecule has 3 heterocycles. The molecule has 386 valence electrons. The molecule has 0 unspecified atom stereocenters. The van der Waals surface area contributed by atoms with Gasteiger partial charge in [-0.3, -0.25) is 0 Å². The van der Waals surface area contributed by atoms with Gasteiger partial charge in [-0.15, -0.1) is 11.3 Å². The maximum absolute atomic E-state index is 9.70. The van der Waals surface area contributed by atoms with Gasteiger partial charge in [0.25, 0.3) is 6.71 Å². The van der Waals surface area contributed by atoms with Crippen LogP contribution in [0.25, 0.3) is 43.5 Å². The fourth-order valence-corrected chi connectivity index (χ4v) is 12.9. The third-order valence-electron chi connectivity index (χ3n) is 15.7. The number of rotatable bonds is 8. The number of anilines is 9. The average molecular weight is 1050 g/mol. The predicted molar refractivity (Wildman–Crippen MR) is 343 cm³/mol. The molecule has 11 aromatic rings. The molecule has 10 aromatic carbocycles. The number of fused-ring (bicyclic) bond motifs is 6. The number of thiophene rings is 1. The summed E-state index contributed by atoms with van der Waals surface area (Å²) in [4.78, 5) is 6.70. The normalized spacial score (nSPS) is 14.8. The van der Waals surface area contributed by atoms with Crippen LogP contribution in [0.2, 0.25) is 0 Å². The highest BCUT2D eigenvalue weighted by atomic mass is 32.1. The van der Waals surface area contributed by atoms with E-state index in [1.165, 1.54) is 0 Å². The first-order valence-corrected chi connectivity index (χ1v) is 27.9. The van der Waals surface area contributed by atoms with Gasteiger partial charge in [0, 0.05) is 60.1 Å². The van der Waals surface area contributed by atoms with Gasteiger partial charge < -0.3 is 14.7 Å². The lowest BCUT2D eigenvalue weighted by Gasteiger charge is -2.44. The molecule has 0 atom stereocenters. The van der Waals surface area contributed by atoms with Crippen LogP contribution in [0.3, 0.4) is 0 Å². The molecule has 5 heteroatoms. The molecule has 0 spiro atoms. The first kappa shape index (κ1) is 39.9. The van der Waals surface area contributed by atoms with Crippen molar-refractivity contribution >= 4 is 95.0 Å². The zero-order valence-corrected chi connectivity index (χ0v) is 46.9. The molecule has 0 aliphatic carbocycles. The summed E-state index contributed by atoms with van der Waals surface area (Å²) in [7, 11) is 0. The molecule has 2 aliphatic rings. The lowest BCUT2D eigenvalue weighted by atomic mass is 9.36. The summed E-state index contributed by atoms with van der Waals surface area (Å²) >= 11 is 1.74. The highest BCUT2D eigenvalue weighted by molar-refractivity contribution is 7.33. The summed E-state index contributed by atoms with van der Waals surface area (Å²) in [5.41, 5.74) is 14.0. The van der Waals surface area contributed by atoms with E-state index in [-0.39, 0.29) is 46.1 Å². The zero-order valence-electron chi connectivity index (χ0n) is 56.1. The van der Waals surface area contributed by atoms with Crippen LogP contribution >= 0.6 is 11.3 Å². The largest absolute Gasteiger partial charge is 0.311 e. The number of para-hydroxylation sites is 2. The van der Waals surface area contributed by atoms with Crippen molar-refractivity contribution in [1.29, 1.82) is 0 Å². The van der Waals surface area contributed by atoms with Crippen LogP contribution in [0, 0.1) is 0 Å². The van der Waals surface area contributed by atoms with Crippen molar-refractivity contribution in [3.05, 3.63) is 253 Å². The fourth-order valence-electron chi connectivity index (χ4n) is 11.6. The molecule has 2 aliphatic heterocycles. The molecule has 0 fully saturated rings. The van der Waals surface area contributed by atoms with E-state index in [9.17, 15) is 5.48 Å². The Bertz CT molecular complexity index is 4640. The smallest absolute Gasteiger partial charge is 0.264 e. The highest BCUT2D eigenvalue weighted by Gasteiger charge is 2.46. The number of hydrogen-bond acceptors (Lipinski definition) is 4. The van der Waals surface area contributed by atoms with Crippen molar-refractivity contribution in [3.63, 3.8) is 0 Å². The van der Waals surface area contributed by atoms with E-state index in [0.717, 1.165) is 93.4 Å². The topological polar surface area (TPSA) is 9.72 Å². The van der Waals surface area contributed by atoms with E-state index in [0.29, 0.717) is 22.5 Å². The van der Waals surface area contributed by atoms with Gasteiger partial charge in [0.15, 0.2) is 0 Å².